The van der Waals surface area contributed by atoms with Gasteiger partial charge in [0.1, 0.15) is 11.6 Å². The summed E-state index contributed by atoms with van der Waals surface area (Å²) in [6.45, 7) is 2.07. The number of hydrogen-bond donors (Lipinski definition) is 1. The molecule has 0 aliphatic heterocycles. The lowest BCUT2D eigenvalue weighted by Crippen LogP contribution is -2.14. The first-order chi connectivity index (χ1) is 12.5. The van der Waals surface area contributed by atoms with Crippen molar-refractivity contribution in [2.75, 3.05) is 11.1 Å². The number of carbonyl (C=O) groups excluding carboxylic acids is 1. The zero-order valence-corrected chi connectivity index (χ0v) is 14.6. The van der Waals surface area contributed by atoms with Crippen molar-refractivity contribution in [3.63, 3.8) is 0 Å². The van der Waals surface area contributed by atoms with E-state index in [0.29, 0.717) is 0 Å². The molecule has 3 rings (SSSR count). The Hall–Kier alpha value is -2.74. The summed E-state index contributed by atoms with van der Waals surface area (Å²) in [4.78, 5) is 13.2. The fourth-order valence-corrected chi connectivity index (χ4v) is 2.93. The van der Waals surface area contributed by atoms with Crippen molar-refractivity contribution in [2.24, 2.45) is 0 Å². The number of hydrogen-bond acceptors (Lipinski definition) is 5. The van der Waals surface area contributed by atoms with Crippen LogP contribution in [0, 0.1) is 11.6 Å². The summed E-state index contributed by atoms with van der Waals surface area (Å²) in [6.07, 6.45) is 0.139. The smallest absolute Gasteiger partial charge is 0.322 e. The molecule has 1 aromatic heterocycles. The Bertz CT molecular complexity index is 913. The number of halogens is 2. The maximum Gasteiger partial charge on any atom is 0.322 e. The Morgan fingerprint density at radius 3 is 2.62 bits per heavy atom. The number of aromatic nitrogens is 2. The van der Waals surface area contributed by atoms with E-state index < -0.39 is 11.6 Å². The summed E-state index contributed by atoms with van der Waals surface area (Å²) >= 11 is 1.72. The number of nitrogens with one attached hydrogen (secondary N) is 1. The maximum atomic E-state index is 13.7. The average Bonchev–Trinajstić information content (AvgIpc) is 3.05. The predicted octanol–water partition coefficient (Wildman–Crippen LogP) is 4.31. The number of rotatable bonds is 6. The van der Waals surface area contributed by atoms with Crippen LogP contribution >= 0.6 is 11.8 Å². The largest absolute Gasteiger partial charge is 0.403 e. The molecule has 5 nitrogen and oxygen atoms in total. The Morgan fingerprint density at radius 2 is 1.92 bits per heavy atom. The molecule has 0 aliphatic rings. The molecule has 2 aromatic carbocycles. The first-order valence-corrected chi connectivity index (χ1v) is 8.84. The van der Waals surface area contributed by atoms with Crippen LogP contribution in [0.25, 0.3) is 11.5 Å². The van der Waals surface area contributed by atoms with Crippen LogP contribution in [0.2, 0.25) is 0 Å². The maximum absolute atomic E-state index is 13.7. The van der Waals surface area contributed by atoms with Gasteiger partial charge in [-0.05, 0) is 35.6 Å². The van der Waals surface area contributed by atoms with E-state index in [9.17, 15) is 13.6 Å². The van der Waals surface area contributed by atoms with E-state index in [1.165, 1.54) is 6.07 Å². The highest BCUT2D eigenvalue weighted by Gasteiger charge is 2.15. The van der Waals surface area contributed by atoms with E-state index in [0.717, 1.165) is 28.3 Å². The highest BCUT2D eigenvalue weighted by molar-refractivity contribution is 7.99. The van der Waals surface area contributed by atoms with Crippen LogP contribution in [0.5, 0.6) is 0 Å². The summed E-state index contributed by atoms with van der Waals surface area (Å²) in [5, 5.41) is 9.81. The molecule has 8 heteroatoms. The molecule has 1 heterocycles. The van der Waals surface area contributed by atoms with Gasteiger partial charge < -0.3 is 4.42 Å². The van der Waals surface area contributed by atoms with Crippen molar-refractivity contribution in [1.82, 2.24) is 10.2 Å². The summed E-state index contributed by atoms with van der Waals surface area (Å²) in [5.41, 5.74) is 0.802. The molecule has 1 amide bonds. The van der Waals surface area contributed by atoms with Gasteiger partial charge in [0, 0.05) is 11.0 Å². The Balaban J connectivity index is 1.64. The van der Waals surface area contributed by atoms with E-state index in [1.54, 1.807) is 11.8 Å². The van der Waals surface area contributed by atoms with Gasteiger partial charge in [-0.25, -0.2) is 8.78 Å². The number of carbonyl (C=O) groups is 1. The monoisotopic (exact) mass is 375 g/mol. The summed E-state index contributed by atoms with van der Waals surface area (Å²) in [5.74, 6) is -1.03. The minimum Gasteiger partial charge on any atom is -0.403 e. The molecule has 0 spiro atoms. The van der Waals surface area contributed by atoms with Gasteiger partial charge in [-0.1, -0.05) is 24.2 Å². The van der Waals surface area contributed by atoms with Crippen molar-refractivity contribution >= 4 is 23.7 Å². The van der Waals surface area contributed by atoms with E-state index in [-0.39, 0.29) is 29.8 Å². The van der Waals surface area contributed by atoms with E-state index in [1.807, 2.05) is 24.3 Å². The van der Waals surface area contributed by atoms with Crippen molar-refractivity contribution in [2.45, 2.75) is 18.2 Å². The Kier molecular flexibility index (Phi) is 5.62. The number of amides is 1. The SMILES string of the molecule is CCSc1ccc(CC(=O)Nc2nnc(-c3ccc(F)cc3F)o2)cc1. The van der Waals surface area contributed by atoms with Gasteiger partial charge in [-0.3, -0.25) is 10.1 Å². The zero-order chi connectivity index (χ0) is 18.5. The van der Waals surface area contributed by atoms with Crippen LogP contribution in [0.3, 0.4) is 0 Å². The van der Waals surface area contributed by atoms with E-state index >= 15 is 0 Å². The quantitative estimate of drug-likeness (QED) is 0.651. The van der Waals surface area contributed by atoms with Gasteiger partial charge in [0.2, 0.25) is 5.91 Å². The van der Waals surface area contributed by atoms with Crippen molar-refractivity contribution < 1.29 is 18.0 Å². The van der Waals surface area contributed by atoms with Crippen LogP contribution in [0.15, 0.2) is 51.8 Å². The lowest BCUT2D eigenvalue weighted by molar-refractivity contribution is -0.115. The fourth-order valence-electron chi connectivity index (χ4n) is 2.26. The highest BCUT2D eigenvalue weighted by Crippen LogP contribution is 2.23. The third kappa shape index (κ3) is 4.45. The van der Waals surface area contributed by atoms with Crippen LogP contribution in [0.4, 0.5) is 14.8 Å². The molecule has 0 saturated heterocycles. The van der Waals surface area contributed by atoms with Gasteiger partial charge in [0.05, 0.1) is 12.0 Å². The molecular weight excluding hydrogens is 360 g/mol. The molecule has 0 unspecified atom stereocenters. The van der Waals surface area contributed by atoms with E-state index in [4.69, 9.17) is 4.42 Å². The topological polar surface area (TPSA) is 68.0 Å². The van der Waals surface area contributed by atoms with Gasteiger partial charge in [-0.2, -0.15) is 0 Å². The van der Waals surface area contributed by atoms with E-state index in [2.05, 4.69) is 22.4 Å². The second-order valence-electron chi connectivity index (χ2n) is 5.34. The minimum absolute atomic E-state index is 0.0385. The molecule has 0 radical (unpaired) electrons. The van der Waals surface area contributed by atoms with Gasteiger partial charge in [0.25, 0.3) is 5.89 Å². The molecule has 0 aliphatic carbocycles. The summed E-state index contributed by atoms with van der Waals surface area (Å²) in [7, 11) is 0. The van der Waals surface area contributed by atoms with Crippen molar-refractivity contribution in [1.29, 1.82) is 0 Å². The number of benzene rings is 2. The Morgan fingerprint density at radius 1 is 1.15 bits per heavy atom. The number of anilines is 1. The average molecular weight is 375 g/mol. The van der Waals surface area contributed by atoms with Crippen LogP contribution in [-0.2, 0) is 11.2 Å². The lowest BCUT2D eigenvalue weighted by atomic mass is 10.1. The minimum atomic E-state index is -0.823. The fraction of sp³-hybridized carbons (Fsp3) is 0.167. The molecule has 134 valence electrons. The number of thioether (sulfide) groups is 1. The molecule has 0 saturated carbocycles. The molecule has 3 aromatic rings. The molecule has 26 heavy (non-hydrogen) atoms. The predicted molar refractivity (Wildman–Crippen MR) is 94.8 cm³/mol. The summed E-state index contributed by atoms with van der Waals surface area (Å²) in [6, 6.07) is 10.5. The van der Waals surface area contributed by atoms with Crippen molar-refractivity contribution in [3.8, 4) is 11.5 Å². The van der Waals surface area contributed by atoms with Crippen molar-refractivity contribution in [3.05, 3.63) is 59.7 Å². The molecule has 0 bridgehead atoms. The van der Waals surface area contributed by atoms with Crippen LogP contribution in [0.1, 0.15) is 12.5 Å². The van der Waals surface area contributed by atoms with Crippen LogP contribution in [-0.4, -0.2) is 21.9 Å². The first kappa shape index (κ1) is 18.1. The van der Waals surface area contributed by atoms with Gasteiger partial charge in [0.15, 0.2) is 0 Å². The standard InChI is InChI=1S/C18H15F2N3O2S/c1-2-26-13-6-3-11(4-7-13)9-16(24)21-18-23-22-17(25-18)14-8-5-12(19)10-15(14)20/h3-8,10H,2,9H2,1H3,(H,21,23,24). The zero-order valence-electron chi connectivity index (χ0n) is 13.8. The molecule has 0 atom stereocenters. The first-order valence-electron chi connectivity index (χ1n) is 7.85. The third-order valence-electron chi connectivity index (χ3n) is 3.43. The summed E-state index contributed by atoms with van der Waals surface area (Å²) < 4.78 is 31.9. The molecule has 0 fully saturated rings. The molecule has 1 N–H and O–H groups in total. The van der Waals surface area contributed by atoms with Gasteiger partial charge >= 0.3 is 6.01 Å². The lowest BCUT2D eigenvalue weighted by Gasteiger charge is -2.03. The second kappa shape index (κ2) is 8.09. The van der Waals surface area contributed by atoms with Gasteiger partial charge in [-0.15, -0.1) is 16.9 Å². The number of nitrogens with zero attached hydrogens (tertiary/aromatic N) is 2. The second-order valence-corrected chi connectivity index (χ2v) is 6.68. The molecular formula is C18H15F2N3O2S. The normalized spacial score (nSPS) is 10.7. The third-order valence-corrected chi connectivity index (χ3v) is 4.33. The Labute approximate surface area is 152 Å². The van der Waals surface area contributed by atoms with Crippen LogP contribution < -0.4 is 5.32 Å². The highest BCUT2D eigenvalue weighted by atomic mass is 32.2.